The largest absolute Gasteiger partial charge is 0.459 e. The van der Waals surface area contributed by atoms with Gasteiger partial charge in [-0.15, -0.1) is 0 Å². The van der Waals surface area contributed by atoms with Gasteiger partial charge >= 0.3 is 0 Å². The molecule has 19 heavy (non-hydrogen) atoms. The lowest BCUT2D eigenvalue weighted by atomic mass is 10.1. The van der Waals surface area contributed by atoms with Crippen LogP contribution in [0.1, 0.15) is 21.7 Å². The Kier molecular flexibility index (Phi) is 4.01. The summed E-state index contributed by atoms with van der Waals surface area (Å²) < 4.78 is 5.01. The van der Waals surface area contributed by atoms with Crippen molar-refractivity contribution < 1.29 is 14.3 Å². The molecule has 1 aromatic heterocycles. The van der Waals surface area contributed by atoms with E-state index in [9.17, 15) is 4.79 Å². The van der Waals surface area contributed by atoms with Crippen molar-refractivity contribution in [3.8, 4) is 11.8 Å². The molecular formula is C15H13NO3. The molecule has 0 fully saturated rings. The van der Waals surface area contributed by atoms with Crippen LogP contribution >= 0.6 is 0 Å². The number of benzene rings is 1. The van der Waals surface area contributed by atoms with E-state index in [1.54, 1.807) is 24.3 Å². The average Bonchev–Trinajstić information content (AvgIpc) is 2.93. The molecule has 1 amide bonds. The second-order valence-electron chi connectivity index (χ2n) is 3.92. The van der Waals surface area contributed by atoms with E-state index in [0.717, 1.165) is 11.1 Å². The number of carbonyl (C=O) groups excluding carboxylic acids is 1. The summed E-state index contributed by atoms with van der Waals surface area (Å²) in [6, 6.07) is 8.66. The highest BCUT2D eigenvalue weighted by Gasteiger charge is 2.09. The first-order valence-electron chi connectivity index (χ1n) is 5.76. The van der Waals surface area contributed by atoms with Gasteiger partial charge in [-0.2, -0.15) is 0 Å². The number of furan rings is 1. The summed E-state index contributed by atoms with van der Waals surface area (Å²) in [6.07, 6.45) is 1.45. The summed E-state index contributed by atoms with van der Waals surface area (Å²) in [7, 11) is 0. The molecule has 4 nitrogen and oxygen atoms in total. The van der Waals surface area contributed by atoms with Gasteiger partial charge in [-0.05, 0) is 36.8 Å². The SMILES string of the molecule is Cc1ccc(NC(=O)c2ccco2)cc1C#CCO. The quantitative estimate of drug-likeness (QED) is 0.808. The molecule has 96 valence electrons. The highest BCUT2D eigenvalue weighted by molar-refractivity contribution is 6.02. The highest BCUT2D eigenvalue weighted by Crippen LogP contribution is 2.15. The topological polar surface area (TPSA) is 62.5 Å². The predicted molar refractivity (Wildman–Crippen MR) is 71.8 cm³/mol. The zero-order valence-electron chi connectivity index (χ0n) is 10.4. The van der Waals surface area contributed by atoms with Crippen molar-refractivity contribution in [1.29, 1.82) is 0 Å². The maximum Gasteiger partial charge on any atom is 0.291 e. The fourth-order valence-electron chi connectivity index (χ4n) is 1.57. The molecule has 2 rings (SSSR count). The number of anilines is 1. The number of aliphatic hydroxyl groups excluding tert-OH is 1. The molecule has 0 saturated heterocycles. The molecule has 4 heteroatoms. The third-order valence-electron chi connectivity index (χ3n) is 2.54. The van der Waals surface area contributed by atoms with Gasteiger partial charge in [0.15, 0.2) is 5.76 Å². The van der Waals surface area contributed by atoms with Gasteiger partial charge in [0, 0.05) is 11.3 Å². The Labute approximate surface area is 111 Å². The van der Waals surface area contributed by atoms with E-state index in [0.29, 0.717) is 5.69 Å². The number of hydrogen-bond acceptors (Lipinski definition) is 3. The Morgan fingerprint density at radius 1 is 1.42 bits per heavy atom. The van der Waals surface area contributed by atoms with Crippen LogP contribution in [0.3, 0.4) is 0 Å². The third-order valence-corrected chi connectivity index (χ3v) is 2.54. The number of nitrogens with one attached hydrogen (secondary N) is 1. The molecule has 0 aliphatic heterocycles. The summed E-state index contributed by atoms with van der Waals surface area (Å²) in [5, 5.41) is 11.4. The third kappa shape index (κ3) is 3.24. The van der Waals surface area contributed by atoms with Crippen LogP contribution in [0.5, 0.6) is 0 Å². The van der Waals surface area contributed by atoms with E-state index in [4.69, 9.17) is 9.52 Å². The predicted octanol–water partition coefficient (Wildman–Crippen LogP) is 2.18. The molecule has 0 bridgehead atoms. The number of aliphatic hydroxyl groups is 1. The maximum absolute atomic E-state index is 11.8. The summed E-state index contributed by atoms with van der Waals surface area (Å²) in [6.45, 7) is 1.72. The van der Waals surface area contributed by atoms with E-state index < -0.39 is 0 Å². The van der Waals surface area contributed by atoms with Crippen molar-refractivity contribution in [1.82, 2.24) is 0 Å². The minimum atomic E-state index is -0.310. The second kappa shape index (κ2) is 5.89. The van der Waals surface area contributed by atoms with E-state index in [1.807, 2.05) is 13.0 Å². The number of carbonyl (C=O) groups is 1. The van der Waals surface area contributed by atoms with Crippen LogP contribution in [0, 0.1) is 18.8 Å². The minimum Gasteiger partial charge on any atom is -0.459 e. The maximum atomic E-state index is 11.8. The summed E-state index contributed by atoms with van der Waals surface area (Å²) in [5.74, 6) is 5.37. The van der Waals surface area contributed by atoms with E-state index >= 15 is 0 Å². The number of amides is 1. The van der Waals surface area contributed by atoms with Crippen LogP contribution in [0.2, 0.25) is 0 Å². The molecule has 0 saturated carbocycles. The molecule has 2 N–H and O–H groups in total. The van der Waals surface area contributed by atoms with Crippen LogP contribution in [-0.2, 0) is 0 Å². The van der Waals surface area contributed by atoms with Crippen molar-refractivity contribution in [3.63, 3.8) is 0 Å². The molecule has 1 heterocycles. The lowest BCUT2D eigenvalue weighted by molar-refractivity contribution is 0.0996. The van der Waals surface area contributed by atoms with Crippen LogP contribution < -0.4 is 5.32 Å². The highest BCUT2D eigenvalue weighted by atomic mass is 16.3. The van der Waals surface area contributed by atoms with Gasteiger partial charge in [-0.3, -0.25) is 4.79 Å². The summed E-state index contributed by atoms with van der Waals surface area (Å²) in [4.78, 5) is 11.8. The Hall–Kier alpha value is -2.51. The fourth-order valence-corrected chi connectivity index (χ4v) is 1.57. The average molecular weight is 255 g/mol. The molecule has 0 radical (unpaired) electrons. The van der Waals surface area contributed by atoms with Gasteiger partial charge in [0.2, 0.25) is 0 Å². The van der Waals surface area contributed by atoms with Crippen LogP contribution in [0.4, 0.5) is 5.69 Å². The van der Waals surface area contributed by atoms with Crippen LogP contribution in [-0.4, -0.2) is 17.6 Å². The van der Waals surface area contributed by atoms with Gasteiger partial charge in [0.05, 0.1) is 6.26 Å². The molecule has 0 atom stereocenters. The monoisotopic (exact) mass is 255 g/mol. The van der Waals surface area contributed by atoms with Crippen LogP contribution in [0.25, 0.3) is 0 Å². The smallest absolute Gasteiger partial charge is 0.291 e. The van der Waals surface area contributed by atoms with Crippen molar-refractivity contribution in [2.24, 2.45) is 0 Å². The number of aryl methyl sites for hydroxylation is 1. The van der Waals surface area contributed by atoms with E-state index in [1.165, 1.54) is 6.26 Å². The number of rotatable bonds is 2. The number of hydrogen-bond donors (Lipinski definition) is 2. The van der Waals surface area contributed by atoms with Gasteiger partial charge < -0.3 is 14.8 Å². The standard InChI is InChI=1S/C15H13NO3/c1-11-6-7-13(10-12(11)4-2-8-17)16-15(18)14-5-3-9-19-14/h3,5-7,9-10,17H,8H2,1H3,(H,16,18). The minimum absolute atomic E-state index is 0.192. The van der Waals surface area contributed by atoms with Gasteiger partial charge in [-0.1, -0.05) is 17.9 Å². The lowest BCUT2D eigenvalue weighted by Crippen LogP contribution is -2.10. The Morgan fingerprint density at radius 2 is 2.26 bits per heavy atom. The zero-order valence-corrected chi connectivity index (χ0v) is 10.4. The lowest BCUT2D eigenvalue weighted by Gasteiger charge is -2.05. The molecule has 0 aliphatic rings. The molecule has 0 spiro atoms. The van der Waals surface area contributed by atoms with E-state index in [-0.39, 0.29) is 18.3 Å². The van der Waals surface area contributed by atoms with Crippen molar-refractivity contribution in [3.05, 3.63) is 53.5 Å². The summed E-state index contributed by atoms with van der Waals surface area (Å²) >= 11 is 0. The van der Waals surface area contributed by atoms with Crippen molar-refractivity contribution in [2.75, 3.05) is 11.9 Å². The molecule has 0 unspecified atom stereocenters. The first kappa shape index (κ1) is 12.9. The normalized spacial score (nSPS) is 9.58. The first-order chi connectivity index (χ1) is 9.20. The van der Waals surface area contributed by atoms with Gasteiger partial charge in [0.1, 0.15) is 6.61 Å². The van der Waals surface area contributed by atoms with Crippen LogP contribution in [0.15, 0.2) is 41.0 Å². The Balaban J connectivity index is 2.19. The van der Waals surface area contributed by atoms with Crippen molar-refractivity contribution in [2.45, 2.75) is 6.92 Å². The van der Waals surface area contributed by atoms with E-state index in [2.05, 4.69) is 17.2 Å². The molecular weight excluding hydrogens is 242 g/mol. The van der Waals surface area contributed by atoms with Crippen molar-refractivity contribution >= 4 is 11.6 Å². The first-order valence-corrected chi connectivity index (χ1v) is 5.76. The molecule has 1 aromatic carbocycles. The Bertz CT molecular complexity index is 633. The Morgan fingerprint density at radius 3 is 2.95 bits per heavy atom. The molecule has 2 aromatic rings. The fraction of sp³-hybridized carbons (Fsp3) is 0.133. The van der Waals surface area contributed by atoms with Gasteiger partial charge in [-0.25, -0.2) is 0 Å². The zero-order chi connectivity index (χ0) is 13.7. The molecule has 0 aliphatic carbocycles. The summed E-state index contributed by atoms with van der Waals surface area (Å²) in [5.41, 5.74) is 2.39. The second-order valence-corrected chi connectivity index (χ2v) is 3.92. The van der Waals surface area contributed by atoms with Gasteiger partial charge in [0.25, 0.3) is 5.91 Å².